The first-order chi connectivity index (χ1) is 16.6. The summed E-state index contributed by atoms with van der Waals surface area (Å²) in [6, 6.07) is 9.96. The molecule has 0 radical (unpaired) electrons. The Balaban J connectivity index is 1.57. The number of hydrogen-bond donors (Lipinski definition) is 2. The second-order valence-electron chi connectivity index (χ2n) is 7.65. The molecule has 174 valence electrons. The number of aromatic nitrogens is 3. The number of nitrogens with zero attached hydrogens (tertiary/aromatic N) is 3. The lowest BCUT2D eigenvalue weighted by Gasteiger charge is -2.19. The predicted molar refractivity (Wildman–Crippen MR) is 128 cm³/mol. The average Bonchev–Trinajstić information content (AvgIpc) is 3.36. The highest BCUT2D eigenvalue weighted by Crippen LogP contribution is 2.38. The van der Waals surface area contributed by atoms with Gasteiger partial charge in [-0.05, 0) is 30.3 Å². The van der Waals surface area contributed by atoms with E-state index >= 15 is 0 Å². The Morgan fingerprint density at radius 3 is 2.79 bits per heavy atom. The molecule has 5 rings (SSSR count). The molecule has 8 nitrogen and oxygen atoms in total. The Labute approximate surface area is 200 Å². The second-order valence-corrected chi connectivity index (χ2v) is 8.05. The van der Waals surface area contributed by atoms with Gasteiger partial charge in [0.15, 0.2) is 5.75 Å². The van der Waals surface area contributed by atoms with E-state index < -0.39 is 5.82 Å². The van der Waals surface area contributed by atoms with Crippen molar-refractivity contribution in [3.05, 3.63) is 66.0 Å². The predicted octanol–water partition coefficient (Wildman–Crippen LogP) is 5.48. The first kappa shape index (κ1) is 22.1. The number of hydrogen-bond acceptors (Lipinski definition) is 8. The number of pyridine rings is 1. The molecule has 0 bridgehead atoms. The van der Waals surface area contributed by atoms with Crippen molar-refractivity contribution in [1.82, 2.24) is 15.0 Å². The minimum Gasteiger partial charge on any atom is -0.493 e. The number of ether oxygens (including phenoxy) is 3. The van der Waals surface area contributed by atoms with Gasteiger partial charge in [-0.15, -0.1) is 0 Å². The zero-order valence-corrected chi connectivity index (χ0v) is 19.0. The first-order valence-electron chi connectivity index (χ1n) is 10.6. The van der Waals surface area contributed by atoms with E-state index in [0.717, 1.165) is 17.5 Å². The summed E-state index contributed by atoms with van der Waals surface area (Å²) < 4.78 is 30.8. The molecule has 0 aliphatic carbocycles. The summed E-state index contributed by atoms with van der Waals surface area (Å²) in [6.45, 7) is 1.19. The van der Waals surface area contributed by atoms with E-state index in [1.54, 1.807) is 25.6 Å². The van der Waals surface area contributed by atoms with Crippen LogP contribution in [0.1, 0.15) is 6.42 Å². The molecule has 34 heavy (non-hydrogen) atoms. The molecule has 0 amide bonds. The molecular weight excluding hydrogens is 461 g/mol. The van der Waals surface area contributed by atoms with Crippen molar-refractivity contribution in [2.75, 3.05) is 31.0 Å². The molecule has 1 saturated heterocycles. The third-order valence-corrected chi connectivity index (χ3v) is 5.66. The Hall–Kier alpha value is -3.69. The smallest absolute Gasteiger partial charge is 0.160 e. The first-order valence-corrected chi connectivity index (χ1v) is 11.0. The van der Waals surface area contributed by atoms with Crippen LogP contribution in [0.25, 0.3) is 10.9 Å². The normalized spacial score (nSPS) is 15.3. The van der Waals surface area contributed by atoms with Crippen molar-refractivity contribution in [3.63, 3.8) is 0 Å². The maximum absolute atomic E-state index is 13.6. The lowest BCUT2D eigenvalue weighted by molar-refractivity contribution is 0.142. The SMILES string of the molecule is COc1cnccc1Nc1cc2c(Nc3ccc(F)c(Cl)c3)ncnc2cc1O[C@H]1CCOC1. The van der Waals surface area contributed by atoms with Crippen molar-refractivity contribution in [1.29, 1.82) is 0 Å². The summed E-state index contributed by atoms with van der Waals surface area (Å²) in [6.07, 6.45) is 5.50. The van der Waals surface area contributed by atoms with Crippen LogP contribution in [-0.4, -0.2) is 41.4 Å². The standard InChI is InChI=1S/C24H21ClFN5O3/c1-32-23-11-27-6-4-19(23)31-21-9-16-20(10-22(21)34-15-5-7-33-12-15)28-13-29-24(16)30-14-2-3-18(26)17(25)8-14/h2-4,6,8-11,13,15H,5,7,12H2,1H3,(H,27,31)(H,28,29,30)/t15-/m0/s1. The zero-order chi connectivity index (χ0) is 23.5. The van der Waals surface area contributed by atoms with Gasteiger partial charge in [0.05, 0.1) is 48.4 Å². The highest BCUT2D eigenvalue weighted by Gasteiger charge is 2.21. The van der Waals surface area contributed by atoms with Crippen molar-refractivity contribution in [2.45, 2.75) is 12.5 Å². The number of halogens is 2. The lowest BCUT2D eigenvalue weighted by Crippen LogP contribution is -2.16. The largest absolute Gasteiger partial charge is 0.493 e. The Kier molecular flexibility index (Phi) is 6.29. The van der Waals surface area contributed by atoms with Crippen LogP contribution < -0.4 is 20.1 Å². The van der Waals surface area contributed by atoms with Gasteiger partial charge in [-0.25, -0.2) is 14.4 Å². The molecule has 2 N–H and O–H groups in total. The van der Waals surface area contributed by atoms with E-state index in [1.807, 2.05) is 18.2 Å². The molecule has 2 aromatic carbocycles. The quantitative estimate of drug-likeness (QED) is 0.358. The van der Waals surface area contributed by atoms with E-state index in [9.17, 15) is 4.39 Å². The van der Waals surface area contributed by atoms with Crippen LogP contribution >= 0.6 is 11.6 Å². The summed E-state index contributed by atoms with van der Waals surface area (Å²) >= 11 is 5.94. The fourth-order valence-electron chi connectivity index (χ4n) is 3.67. The van der Waals surface area contributed by atoms with Crippen molar-refractivity contribution in [2.24, 2.45) is 0 Å². The number of rotatable bonds is 7. The molecule has 0 saturated carbocycles. The minimum absolute atomic E-state index is 0.0185. The molecule has 10 heteroatoms. The third kappa shape index (κ3) is 4.66. The van der Waals surface area contributed by atoms with Crippen LogP contribution in [0.3, 0.4) is 0 Å². The number of methoxy groups -OCH3 is 1. The van der Waals surface area contributed by atoms with E-state index in [0.29, 0.717) is 47.4 Å². The van der Waals surface area contributed by atoms with Gasteiger partial charge in [0, 0.05) is 29.8 Å². The zero-order valence-electron chi connectivity index (χ0n) is 18.2. The van der Waals surface area contributed by atoms with Gasteiger partial charge in [-0.1, -0.05) is 11.6 Å². The minimum atomic E-state index is -0.491. The van der Waals surface area contributed by atoms with Crippen LogP contribution in [0.2, 0.25) is 5.02 Å². The lowest BCUT2D eigenvalue weighted by atomic mass is 10.1. The molecule has 2 aromatic heterocycles. The van der Waals surface area contributed by atoms with Gasteiger partial charge in [0.25, 0.3) is 0 Å². The molecule has 0 spiro atoms. The van der Waals surface area contributed by atoms with E-state index in [2.05, 4.69) is 25.6 Å². The maximum Gasteiger partial charge on any atom is 0.160 e. The highest BCUT2D eigenvalue weighted by molar-refractivity contribution is 6.31. The van der Waals surface area contributed by atoms with Crippen LogP contribution in [0, 0.1) is 5.82 Å². The average molecular weight is 482 g/mol. The Bertz CT molecular complexity index is 1330. The number of nitrogens with one attached hydrogen (secondary N) is 2. The second kappa shape index (κ2) is 9.66. The molecular formula is C24H21ClFN5O3. The number of benzene rings is 2. The summed E-state index contributed by atoms with van der Waals surface area (Å²) in [5.74, 6) is 1.25. The fourth-order valence-corrected chi connectivity index (χ4v) is 3.85. The molecule has 1 aliphatic rings. The fraction of sp³-hybridized carbons (Fsp3) is 0.208. The maximum atomic E-state index is 13.6. The van der Waals surface area contributed by atoms with Gasteiger partial charge in [-0.3, -0.25) is 4.98 Å². The van der Waals surface area contributed by atoms with Crippen molar-refractivity contribution < 1.29 is 18.6 Å². The number of anilines is 4. The van der Waals surface area contributed by atoms with Crippen LogP contribution in [0.15, 0.2) is 55.1 Å². The topological polar surface area (TPSA) is 90.4 Å². The van der Waals surface area contributed by atoms with Gasteiger partial charge < -0.3 is 24.8 Å². The highest BCUT2D eigenvalue weighted by atomic mass is 35.5. The number of fused-ring (bicyclic) bond motifs is 1. The molecule has 1 atom stereocenters. The molecule has 4 aromatic rings. The van der Waals surface area contributed by atoms with Crippen LogP contribution in [0.4, 0.5) is 27.3 Å². The molecule has 0 unspecified atom stereocenters. The molecule has 3 heterocycles. The van der Waals surface area contributed by atoms with Crippen LogP contribution in [-0.2, 0) is 4.74 Å². The summed E-state index contributed by atoms with van der Waals surface area (Å²) in [4.78, 5) is 12.9. The molecule has 1 aliphatic heterocycles. The summed E-state index contributed by atoms with van der Waals surface area (Å²) in [7, 11) is 1.58. The van der Waals surface area contributed by atoms with Gasteiger partial charge >= 0.3 is 0 Å². The third-order valence-electron chi connectivity index (χ3n) is 5.37. The van der Waals surface area contributed by atoms with E-state index in [-0.39, 0.29) is 11.1 Å². The van der Waals surface area contributed by atoms with Gasteiger partial charge in [0.1, 0.15) is 29.8 Å². The molecule has 1 fully saturated rings. The van der Waals surface area contributed by atoms with Crippen LogP contribution in [0.5, 0.6) is 11.5 Å². The Morgan fingerprint density at radius 2 is 2.00 bits per heavy atom. The van der Waals surface area contributed by atoms with Gasteiger partial charge in [0.2, 0.25) is 0 Å². The van der Waals surface area contributed by atoms with Crippen molar-refractivity contribution in [3.8, 4) is 11.5 Å². The van der Waals surface area contributed by atoms with Crippen molar-refractivity contribution >= 4 is 45.4 Å². The van der Waals surface area contributed by atoms with Gasteiger partial charge in [-0.2, -0.15) is 0 Å². The van der Waals surface area contributed by atoms with E-state index in [4.69, 9.17) is 25.8 Å². The van der Waals surface area contributed by atoms with E-state index in [1.165, 1.54) is 18.5 Å². The monoisotopic (exact) mass is 481 g/mol. The Morgan fingerprint density at radius 1 is 1.09 bits per heavy atom. The summed E-state index contributed by atoms with van der Waals surface area (Å²) in [5.41, 5.74) is 2.69. The summed E-state index contributed by atoms with van der Waals surface area (Å²) in [5, 5.41) is 7.33.